The molecule has 3 atom stereocenters. The summed E-state index contributed by atoms with van der Waals surface area (Å²) in [5.41, 5.74) is 3.08. The zero-order valence-electron chi connectivity index (χ0n) is 20.9. The number of nitrogens with zero attached hydrogens (tertiary/aromatic N) is 2. The standard InChI is InChI=1S/C27H36N4O4/c1-16(2)13-22-25-19(18-8-7-17(35-3)14-21(18)28-25)15-23-26(33)29-20(27(34)31(22)23)9-10-24(32)30-11-5-4-6-12-30/h7-8,14,16,20,22-23,28H,4-6,9-13,15H2,1-3H3,(H,29,33). The molecule has 0 bridgehead atoms. The molecule has 0 spiro atoms. The highest BCUT2D eigenvalue weighted by molar-refractivity contribution is 5.99. The van der Waals surface area contributed by atoms with Crippen LogP contribution in [0.5, 0.6) is 5.75 Å². The molecule has 1 aromatic carbocycles. The van der Waals surface area contributed by atoms with Crippen LogP contribution in [0.3, 0.4) is 0 Å². The molecule has 0 saturated carbocycles. The number of carbonyl (C=O) groups is 3. The predicted molar refractivity (Wildman–Crippen MR) is 133 cm³/mol. The Bertz CT molecular complexity index is 1130. The van der Waals surface area contributed by atoms with Crippen molar-refractivity contribution in [3.63, 3.8) is 0 Å². The second-order valence-corrected chi connectivity index (χ2v) is 10.6. The Balaban J connectivity index is 1.42. The number of methoxy groups -OCH3 is 1. The van der Waals surface area contributed by atoms with E-state index in [-0.39, 0.29) is 30.2 Å². The normalized spacial score (nSPS) is 24.4. The first-order chi connectivity index (χ1) is 16.9. The van der Waals surface area contributed by atoms with Crippen molar-refractivity contribution in [1.29, 1.82) is 0 Å². The molecule has 8 heteroatoms. The van der Waals surface area contributed by atoms with E-state index in [1.165, 1.54) is 0 Å². The highest BCUT2D eigenvalue weighted by atomic mass is 16.5. The molecule has 0 radical (unpaired) electrons. The number of likely N-dealkylation sites (tertiary alicyclic amines) is 1. The molecular formula is C27H36N4O4. The molecule has 3 aliphatic heterocycles. The summed E-state index contributed by atoms with van der Waals surface area (Å²) in [5.74, 6) is 0.986. The van der Waals surface area contributed by atoms with Gasteiger partial charge in [0.05, 0.1) is 13.2 Å². The average Bonchev–Trinajstić information content (AvgIpc) is 3.23. The molecule has 0 aliphatic carbocycles. The maximum atomic E-state index is 13.8. The zero-order chi connectivity index (χ0) is 24.7. The molecule has 2 saturated heterocycles. The molecule has 8 nitrogen and oxygen atoms in total. The van der Waals surface area contributed by atoms with Crippen molar-refractivity contribution in [2.45, 2.75) is 76.9 Å². The molecular weight excluding hydrogens is 444 g/mol. The lowest BCUT2D eigenvalue weighted by atomic mass is 9.85. The quantitative estimate of drug-likeness (QED) is 0.663. The number of ether oxygens (including phenoxy) is 1. The van der Waals surface area contributed by atoms with E-state index in [4.69, 9.17) is 4.74 Å². The number of benzene rings is 1. The first-order valence-corrected chi connectivity index (χ1v) is 13.0. The molecule has 1 aromatic heterocycles. The predicted octanol–water partition coefficient (Wildman–Crippen LogP) is 3.31. The fourth-order valence-electron chi connectivity index (χ4n) is 6.01. The fourth-order valence-corrected chi connectivity index (χ4v) is 6.01. The fraction of sp³-hybridized carbons (Fsp3) is 0.593. The summed E-state index contributed by atoms with van der Waals surface area (Å²) in [7, 11) is 1.64. The van der Waals surface area contributed by atoms with Gasteiger partial charge in [0, 0.05) is 48.6 Å². The summed E-state index contributed by atoms with van der Waals surface area (Å²) in [6.45, 7) is 5.86. The number of piperidine rings is 1. The molecule has 2 N–H and O–H groups in total. The SMILES string of the molecule is COc1ccc2c3c([nH]c2c1)C(CC(C)C)N1C(=O)C(CCC(=O)N2CCCCC2)NC(=O)C1C3. The molecule has 188 valence electrons. The molecule has 3 amide bonds. The minimum atomic E-state index is -0.659. The number of hydrogen-bond acceptors (Lipinski definition) is 4. The van der Waals surface area contributed by atoms with Crippen LogP contribution < -0.4 is 10.1 Å². The van der Waals surface area contributed by atoms with Crippen LogP contribution in [0.25, 0.3) is 10.9 Å². The topological polar surface area (TPSA) is 94.7 Å². The molecule has 3 aliphatic rings. The van der Waals surface area contributed by atoms with E-state index in [1.54, 1.807) is 7.11 Å². The number of piperazine rings is 1. The Morgan fingerprint density at radius 3 is 2.66 bits per heavy atom. The maximum absolute atomic E-state index is 13.8. The van der Waals surface area contributed by atoms with Gasteiger partial charge in [0.1, 0.15) is 17.8 Å². The van der Waals surface area contributed by atoms with Crippen LogP contribution >= 0.6 is 0 Å². The Hall–Kier alpha value is -3.03. The Kier molecular flexibility index (Phi) is 6.47. The highest BCUT2D eigenvalue weighted by Gasteiger charge is 2.48. The van der Waals surface area contributed by atoms with Crippen LogP contribution in [0, 0.1) is 5.92 Å². The summed E-state index contributed by atoms with van der Waals surface area (Å²) in [6.07, 6.45) is 5.09. The van der Waals surface area contributed by atoms with Gasteiger partial charge < -0.3 is 24.8 Å². The molecule has 35 heavy (non-hydrogen) atoms. The van der Waals surface area contributed by atoms with Crippen LogP contribution in [0.2, 0.25) is 0 Å². The minimum absolute atomic E-state index is 0.0754. The van der Waals surface area contributed by atoms with Gasteiger partial charge in [0.15, 0.2) is 0 Å². The molecule has 3 unspecified atom stereocenters. The molecule has 2 aromatic rings. The van der Waals surface area contributed by atoms with Gasteiger partial charge in [-0.3, -0.25) is 14.4 Å². The van der Waals surface area contributed by atoms with E-state index in [9.17, 15) is 14.4 Å². The number of nitrogens with one attached hydrogen (secondary N) is 2. The third kappa shape index (κ3) is 4.39. The number of rotatable bonds is 6. The van der Waals surface area contributed by atoms with Gasteiger partial charge in [0.25, 0.3) is 0 Å². The van der Waals surface area contributed by atoms with Gasteiger partial charge >= 0.3 is 0 Å². The summed E-state index contributed by atoms with van der Waals surface area (Å²) in [6, 6.07) is 4.53. The third-order valence-electron chi connectivity index (χ3n) is 7.77. The van der Waals surface area contributed by atoms with Crippen molar-refractivity contribution < 1.29 is 19.1 Å². The summed E-state index contributed by atoms with van der Waals surface area (Å²) >= 11 is 0. The first kappa shape index (κ1) is 23.7. The second kappa shape index (κ2) is 9.55. The number of aromatic amines is 1. The number of carbonyl (C=O) groups excluding carboxylic acids is 3. The number of aromatic nitrogens is 1. The van der Waals surface area contributed by atoms with Crippen molar-refractivity contribution in [2.75, 3.05) is 20.2 Å². The number of amides is 3. The van der Waals surface area contributed by atoms with Gasteiger partial charge in [-0.05, 0) is 55.7 Å². The molecule has 5 rings (SSSR count). The summed E-state index contributed by atoms with van der Waals surface area (Å²) in [4.78, 5) is 47.0. The van der Waals surface area contributed by atoms with E-state index in [2.05, 4.69) is 24.1 Å². The van der Waals surface area contributed by atoms with Crippen molar-refractivity contribution in [3.8, 4) is 5.75 Å². The van der Waals surface area contributed by atoms with Gasteiger partial charge in [0.2, 0.25) is 17.7 Å². The van der Waals surface area contributed by atoms with Crippen molar-refractivity contribution in [2.24, 2.45) is 5.92 Å². The molecule has 2 fully saturated rings. The van der Waals surface area contributed by atoms with Crippen molar-refractivity contribution in [1.82, 2.24) is 20.1 Å². The zero-order valence-corrected chi connectivity index (χ0v) is 20.9. The molecule has 4 heterocycles. The van der Waals surface area contributed by atoms with Crippen LogP contribution in [-0.2, 0) is 20.8 Å². The first-order valence-electron chi connectivity index (χ1n) is 13.0. The van der Waals surface area contributed by atoms with E-state index >= 15 is 0 Å². The summed E-state index contributed by atoms with van der Waals surface area (Å²) < 4.78 is 5.40. The van der Waals surface area contributed by atoms with E-state index in [0.29, 0.717) is 18.8 Å². The van der Waals surface area contributed by atoms with Crippen LogP contribution in [0.4, 0.5) is 0 Å². The third-order valence-corrected chi connectivity index (χ3v) is 7.77. The lowest BCUT2D eigenvalue weighted by Gasteiger charge is -2.47. The Morgan fingerprint density at radius 1 is 1.17 bits per heavy atom. The number of H-pyrrole nitrogens is 1. The van der Waals surface area contributed by atoms with Crippen molar-refractivity contribution in [3.05, 3.63) is 29.5 Å². The van der Waals surface area contributed by atoms with Crippen LogP contribution in [0.15, 0.2) is 18.2 Å². The largest absolute Gasteiger partial charge is 0.497 e. The van der Waals surface area contributed by atoms with Crippen LogP contribution in [0.1, 0.15) is 69.7 Å². The van der Waals surface area contributed by atoms with Gasteiger partial charge in [-0.15, -0.1) is 0 Å². The van der Waals surface area contributed by atoms with Gasteiger partial charge in [-0.1, -0.05) is 13.8 Å². The number of fused-ring (bicyclic) bond motifs is 4. The van der Waals surface area contributed by atoms with Crippen LogP contribution in [-0.4, -0.2) is 64.8 Å². The van der Waals surface area contributed by atoms with E-state index in [1.807, 2.05) is 28.0 Å². The summed E-state index contributed by atoms with van der Waals surface area (Å²) in [5, 5.41) is 4.03. The highest BCUT2D eigenvalue weighted by Crippen LogP contribution is 2.42. The number of hydrogen-bond donors (Lipinski definition) is 2. The van der Waals surface area contributed by atoms with E-state index in [0.717, 1.165) is 66.7 Å². The Labute approximate surface area is 206 Å². The lowest BCUT2D eigenvalue weighted by Crippen LogP contribution is -2.66. The van der Waals surface area contributed by atoms with Gasteiger partial charge in [-0.25, -0.2) is 0 Å². The maximum Gasteiger partial charge on any atom is 0.246 e. The van der Waals surface area contributed by atoms with Crippen molar-refractivity contribution >= 4 is 28.6 Å². The monoisotopic (exact) mass is 480 g/mol. The average molecular weight is 481 g/mol. The minimum Gasteiger partial charge on any atom is -0.497 e. The van der Waals surface area contributed by atoms with Gasteiger partial charge in [-0.2, -0.15) is 0 Å². The smallest absolute Gasteiger partial charge is 0.246 e. The lowest BCUT2D eigenvalue weighted by molar-refractivity contribution is -0.154. The Morgan fingerprint density at radius 2 is 1.94 bits per heavy atom. The van der Waals surface area contributed by atoms with E-state index < -0.39 is 12.1 Å². The second-order valence-electron chi connectivity index (χ2n) is 10.6.